The Kier molecular flexibility index (Phi) is 5.30. The molecule has 1 N–H and O–H groups in total. The Labute approximate surface area is 107 Å². The molecule has 0 radical (unpaired) electrons. The van der Waals surface area contributed by atoms with E-state index in [0.29, 0.717) is 0 Å². The van der Waals surface area contributed by atoms with Gasteiger partial charge in [0.15, 0.2) is 0 Å². The summed E-state index contributed by atoms with van der Waals surface area (Å²) in [5.74, 6) is 1.88. The van der Waals surface area contributed by atoms with E-state index >= 15 is 0 Å². The summed E-state index contributed by atoms with van der Waals surface area (Å²) in [5, 5.41) is 3.82. The van der Waals surface area contributed by atoms with Crippen molar-refractivity contribution in [2.24, 2.45) is 11.8 Å². The molecule has 0 unspecified atom stereocenters. The van der Waals surface area contributed by atoms with Gasteiger partial charge < -0.3 is 10.2 Å². The SMILES string of the molecule is C[C@H](NCC1CCN(C)CC1)C1CCCCC1. The van der Waals surface area contributed by atoms with Gasteiger partial charge in [0.25, 0.3) is 0 Å². The summed E-state index contributed by atoms with van der Waals surface area (Å²) >= 11 is 0. The third-order valence-corrected chi connectivity index (χ3v) is 4.92. The molecule has 100 valence electrons. The minimum absolute atomic E-state index is 0.745. The summed E-state index contributed by atoms with van der Waals surface area (Å²) in [7, 11) is 2.24. The summed E-state index contributed by atoms with van der Waals surface area (Å²) in [6, 6.07) is 0.745. The van der Waals surface area contributed by atoms with Crippen molar-refractivity contribution in [3.63, 3.8) is 0 Å². The molecule has 2 nitrogen and oxygen atoms in total. The van der Waals surface area contributed by atoms with E-state index in [9.17, 15) is 0 Å². The lowest BCUT2D eigenvalue weighted by molar-refractivity contribution is 0.202. The minimum atomic E-state index is 0.745. The van der Waals surface area contributed by atoms with Crippen molar-refractivity contribution in [3.8, 4) is 0 Å². The highest BCUT2D eigenvalue weighted by atomic mass is 15.1. The molecule has 1 aliphatic carbocycles. The Morgan fingerprint density at radius 2 is 1.71 bits per heavy atom. The molecule has 1 aliphatic heterocycles. The van der Waals surface area contributed by atoms with Crippen LogP contribution in [0.3, 0.4) is 0 Å². The van der Waals surface area contributed by atoms with Crippen molar-refractivity contribution in [1.29, 1.82) is 0 Å². The van der Waals surface area contributed by atoms with E-state index in [4.69, 9.17) is 0 Å². The second kappa shape index (κ2) is 6.75. The normalized spacial score (nSPS) is 27.2. The number of hydrogen-bond donors (Lipinski definition) is 1. The second-order valence-electron chi connectivity index (χ2n) is 6.34. The number of hydrogen-bond acceptors (Lipinski definition) is 2. The smallest absolute Gasteiger partial charge is 0.00671 e. The van der Waals surface area contributed by atoms with Crippen LogP contribution in [0.2, 0.25) is 0 Å². The molecule has 2 fully saturated rings. The summed E-state index contributed by atoms with van der Waals surface area (Å²) in [6.45, 7) is 6.25. The van der Waals surface area contributed by atoms with E-state index in [2.05, 4.69) is 24.2 Å². The predicted molar refractivity (Wildman–Crippen MR) is 74.3 cm³/mol. The van der Waals surface area contributed by atoms with Gasteiger partial charge in [0.2, 0.25) is 0 Å². The average Bonchev–Trinajstić information content (AvgIpc) is 2.39. The molecule has 1 heterocycles. The third-order valence-electron chi connectivity index (χ3n) is 4.92. The van der Waals surface area contributed by atoms with Crippen LogP contribution >= 0.6 is 0 Å². The van der Waals surface area contributed by atoms with Crippen LogP contribution in [0.5, 0.6) is 0 Å². The molecule has 0 aromatic carbocycles. The van der Waals surface area contributed by atoms with E-state index in [1.54, 1.807) is 0 Å². The highest BCUT2D eigenvalue weighted by molar-refractivity contribution is 4.78. The van der Waals surface area contributed by atoms with Gasteiger partial charge in [-0.1, -0.05) is 19.3 Å². The Balaban J connectivity index is 1.63. The number of nitrogens with zero attached hydrogens (tertiary/aromatic N) is 1. The quantitative estimate of drug-likeness (QED) is 0.810. The van der Waals surface area contributed by atoms with E-state index < -0.39 is 0 Å². The molecule has 2 rings (SSSR count). The first-order valence-corrected chi connectivity index (χ1v) is 7.67. The number of rotatable bonds is 4. The molecular formula is C15H30N2. The maximum Gasteiger partial charge on any atom is 0.00671 e. The van der Waals surface area contributed by atoms with Crippen LogP contribution in [0.25, 0.3) is 0 Å². The summed E-state index contributed by atoms with van der Waals surface area (Å²) in [4.78, 5) is 2.46. The van der Waals surface area contributed by atoms with Crippen molar-refractivity contribution in [2.45, 2.75) is 57.9 Å². The van der Waals surface area contributed by atoms with E-state index in [0.717, 1.165) is 17.9 Å². The van der Waals surface area contributed by atoms with Crippen LogP contribution < -0.4 is 5.32 Å². The van der Waals surface area contributed by atoms with Gasteiger partial charge in [0, 0.05) is 6.04 Å². The second-order valence-corrected chi connectivity index (χ2v) is 6.34. The zero-order valence-electron chi connectivity index (χ0n) is 11.8. The van der Waals surface area contributed by atoms with E-state index in [-0.39, 0.29) is 0 Å². The Bertz CT molecular complexity index is 203. The van der Waals surface area contributed by atoms with Crippen molar-refractivity contribution >= 4 is 0 Å². The summed E-state index contributed by atoms with van der Waals surface area (Å²) in [6.07, 6.45) is 10.1. The van der Waals surface area contributed by atoms with Crippen molar-refractivity contribution < 1.29 is 0 Å². The lowest BCUT2D eigenvalue weighted by atomic mass is 9.84. The number of nitrogens with one attached hydrogen (secondary N) is 1. The van der Waals surface area contributed by atoms with Gasteiger partial charge in [-0.05, 0) is 71.1 Å². The largest absolute Gasteiger partial charge is 0.314 e. The molecule has 0 amide bonds. The minimum Gasteiger partial charge on any atom is -0.314 e. The van der Waals surface area contributed by atoms with Crippen molar-refractivity contribution in [3.05, 3.63) is 0 Å². The van der Waals surface area contributed by atoms with Crippen LogP contribution in [-0.2, 0) is 0 Å². The first kappa shape index (κ1) is 13.4. The molecule has 0 aromatic rings. The first-order valence-electron chi connectivity index (χ1n) is 7.67. The van der Waals surface area contributed by atoms with Crippen LogP contribution in [0, 0.1) is 11.8 Å². The van der Waals surface area contributed by atoms with Gasteiger partial charge in [0.05, 0.1) is 0 Å². The monoisotopic (exact) mass is 238 g/mol. The topological polar surface area (TPSA) is 15.3 Å². The van der Waals surface area contributed by atoms with Crippen LogP contribution in [-0.4, -0.2) is 37.6 Å². The first-order chi connectivity index (χ1) is 8.25. The van der Waals surface area contributed by atoms with Gasteiger partial charge >= 0.3 is 0 Å². The van der Waals surface area contributed by atoms with Crippen LogP contribution in [0.15, 0.2) is 0 Å². The van der Waals surface area contributed by atoms with Gasteiger partial charge in [-0.2, -0.15) is 0 Å². The lowest BCUT2D eigenvalue weighted by Crippen LogP contribution is -2.40. The lowest BCUT2D eigenvalue weighted by Gasteiger charge is -2.32. The third kappa shape index (κ3) is 4.26. The van der Waals surface area contributed by atoms with E-state index in [1.807, 2.05) is 0 Å². The zero-order chi connectivity index (χ0) is 12.1. The number of likely N-dealkylation sites (tertiary alicyclic amines) is 1. The molecule has 1 atom stereocenters. The van der Waals surface area contributed by atoms with Crippen molar-refractivity contribution in [2.75, 3.05) is 26.7 Å². The highest BCUT2D eigenvalue weighted by Crippen LogP contribution is 2.26. The van der Waals surface area contributed by atoms with Gasteiger partial charge in [-0.25, -0.2) is 0 Å². The van der Waals surface area contributed by atoms with Gasteiger partial charge in [-0.3, -0.25) is 0 Å². The molecule has 1 saturated carbocycles. The molecule has 2 heteroatoms. The summed E-state index contributed by atoms with van der Waals surface area (Å²) < 4.78 is 0. The standard InChI is InChI=1S/C15H30N2/c1-13(15-6-4-3-5-7-15)16-12-14-8-10-17(2)11-9-14/h13-16H,3-12H2,1-2H3/t13-/m0/s1. The molecule has 0 aromatic heterocycles. The molecule has 2 aliphatic rings. The van der Waals surface area contributed by atoms with E-state index in [1.165, 1.54) is 64.6 Å². The van der Waals surface area contributed by atoms with Gasteiger partial charge in [-0.15, -0.1) is 0 Å². The molecular weight excluding hydrogens is 208 g/mol. The fourth-order valence-corrected chi connectivity index (χ4v) is 3.42. The molecule has 1 saturated heterocycles. The predicted octanol–water partition coefficient (Wildman–Crippen LogP) is 2.89. The Morgan fingerprint density at radius 3 is 2.35 bits per heavy atom. The molecule has 17 heavy (non-hydrogen) atoms. The fourth-order valence-electron chi connectivity index (χ4n) is 3.42. The zero-order valence-corrected chi connectivity index (χ0v) is 11.8. The Hall–Kier alpha value is -0.0800. The fraction of sp³-hybridized carbons (Fsp3) is 1.00. The highest BCUT2D eigenvalue weighted by Gasteiger charge is 2.22. The Morgan fingerprint density at radius 1 is 1.06 bits per heavy atom. The maximum atomic E-state index is 3.82. The number of piperidine rings is 1. The van der Waals surface area contributed by atoms with Crippen molar-refractivity contribution in [1.82, 2.24) is 10.2 Å². The maximum absolute atomic E-state index is 3.82. The summed E-state index contributed by atoms with van der Waals surface area (Å²) in [5.41, 5.74) is 0. The average molecular weight is 238 g/mol. The molecule has 0 spiro atoms. The molecule has 0 bridgehead atoms. The van der Waals surface area contributed by atoms with Gasteiger partial charge in [0.1, 0.15) is 0 Å². The van der Waals surface area contributed by atoms with Crippen LogP contribution in [0.1, 0.15) is 51.9 Å². The van der Waals surface area contributed by atoms with Crippen LogP contribution in [0.4, 0.5) is 0 Å².